The predicted octanol–water partition coefficient (Wildman–Crippen LogP) is 3.06. The van der Waals surface area contributed by atoms with Crippen LogP contribution in [0.15, 0.2) is 36.4 Å². The molecule has 0 radical (unpaired) electrons. The first kappa shape index (κ1) is 14.0. The standard InChI is InChI=1S/C17H21N3O/c1-12-9-13(2)19-17(18-12)20-10-14(3)21-16(11-20)15-7-5-4-6-8-15/h4-9,14,16H,10-11H2,1-3H3/t14-,16-/m0/s1. The third-order valence-corrected chi connectivity index (χ3v) is 3.68. The fourth-order valence-corrected chi connectivity index (χ4v) is 2.82. The lowest BCUT2D eigenvalue weighted by Crippen LogP contribution is -2.43. The molecule has 0 N–H and O–H groups in total. The third-order valence-electron chi connectivity index (χ3n) is 3.68. The first-order valence-corrected chi connectivity index (χ1v) is 7.39. The number of rotatable bonds is 2. The van der Waals surface area contributed by atoms with Crippen molar-refractivity contribution in [3.05, 3.63) is 53.3 Å². The van der Waals surface area contributed by atoms with Crippen LogP contribution < -0.4 is 4.90 Å². The third kappa shape index (κ3) is 3.22. The molecule has 2 atom stereocenters. The van der Waals surface area contributed by atoms with Crippen molar-refractivity contribution in [2.24, 2.45) is 0 Å². The molecular formula is C17H21N3O. The van der Waals surface area contributed by atoms with Gasteiger partial charge < -0.3 is 9.64 Å². The number of aryl methyl sites for hydroxylation is 2. The van der Waals surface area contributed by atoms with Gasteiger partial charge in [0.1, 0.15) is 6.10 Å². The van der Waals surface area contributed by atoms with Gasteiger partial charge in [-0.25, -0.2) is 9.97 Å². The molecule has 3 rings (SSSR count). The summed E-state index contributed by atoms with van der Waals surface area (Å²) in [6.45, 7) is 7.74. The molecule has 0 spiro atoms. The van der Waals surface area contributed by atoms with Gasteiger partial charge in [0.2, 0.25) is 5.95 Å². The zero-order valence-electron chi connectivity index (χ0n) is 12.8. The molecule has 1 aliphatic heterocycles. The Bertz CT molecular complexity index is 594. The molecule has 2 aromatic rings. The van der Waals surface area contributed by atoms with Gasteiger partial charge in [0.15, 0.2) is 0 Å². The number of anilines is 1. The Morgan fingerprint density at radius 2 is 1.71 bits per heavy atom. The van der Waals surface area contributed by atoms with Gasteiger partial charge in [-0.05, 0) is 32.4 Å². The van der Waals surface area contributed by atoms with E-state index in [1.807, 2.05) is 26.0 Å². The Morgan fingerprint density at radius 3 is 2.38 bits per heavy atom. The van der Waals surface area contributed by atoms with E-state index in [-0.39, 0.29) is 12.2 Å². The number of ether oxygens (including phenoxy) is 1. The largest absolute Gasteiger partial charge is 0.367 e. The second-order valence-corrected chi connectivity index (χ2v) is 5.70. The minimum Gasteiger partial charge on any atom is -0.367 e. The summed E-state index contributed by atoms with van der Waals surface area (Å²) in [5.74, 6) is 0.809. The Labute approximate surface area is 125 Å². The molecule has 1 aliphatic rings. The summed E-state index contributed by atoms with van der Waals surface area (Å²) in [5.41, 5.74) is 3.22. The first-order chi connectivity index (χ1) is 10.1. The molecule has 1 fully saturated rings. The van der Waals surface area contributed by atoms with Crippen LogP contribution in [0, 0.1) is 13.8 Å². The molecule has 0 aliphatic carbocycles. The Hall–Kier alpha value is -1.94. The Kier molecular flexibility index (Phi) is 3.88. The van der Waals surface area contributed by atoms with Crippen molar-refractivity contribution >= 4 is 5.95 Å². The lowest BCUT2D eigenvalue weighted by molar-refractivity contribution is -0.0178. The van der Waals surface area contributed by atoms with Gasteiger partial charge >= 0.3 is 0 Å². The average molecular weight is 283 g/mol. The Balaban J connectivity index is 1.86. The zero-order chi connectivity index (χ0) is 14.8. The predicted molar refractivity (Wildman–Crippen MR) is 83.4 cm³/mol. The molecule has 110 valence electrons. The highest BCUT2D eigenvalue weighted by Crippen LogP contribution is 2.27. The van der Waals surface area contributed by atoms with Crippen LogP contribution in [0.5, 0.6) is 0 Å². The molecular weight excluding hydrogens is 262 g/mol. The topological polar surface area (TPSA) is 38.2 Å². The van der Waals surface area contributed by atoms with Gasteiger partial charge in [-0.2, -0.15) is 0 Å². The Morgan fingerprint density at radius 1 is 1.05 bits per heavy atom. The van der Waals surface area contributed by atoms with E-state index >= 15 is 0 Å². The molecule has 2 heterocycles. The van der Waals surface area contributed by atoms with Crippen molar-refractivity contribution < 1.29 is 4.74 Å². The lowest BCUT2D eigenvalue weighted by atomic mass is 10.1. The van der Waals surface area contributed by atoms with Crippen LogP contribution in [0.4, 0.5) is 5.95 Å². The minimum atomic E-state index is 0.0689. The van der Waals surface area contributed by atoms with E-state index in [1.165, 1.54) is 5.56 Å². The number of hydrogen-bond acceptors (Lipinski definition) is 4. The van der Waals surface area contributed by atoms with E-state index in [2.05, 4.69) is 46.1 Å². The maximum Gasteiger partial charge on any atom is 0.225 e. The molecule has 0 amide bonds. The number of nitrogens with zero attached hydrogens (tertiary/aromatic N) is 3. The summed E-state index contributed by atoms with van der Waals surface area (Å²) in [6.07, 6.45) is 0.229. The van der Waals surface area contributed by atoms with Crippen molar-refractivity contribution in [1.82, 2.24) is 9.97 Å². The van der Waals surface area contributed by atoms with Crippen LogP contribution in [0.2, 0.25) is 0 Å². The molecule has 4 heteroatoms. The second-order valence-electron chi connectivity index (χ2n) is 5.70. The summed E-state index contributed by atoms with van der Waals surface area (Å²) in [7, 11) is 0. The minimum absolute atomic E-state index is 0.0689. The van der Waals surface area contributed by atoms with E-state index in [4.69, 9.17) is 4.74 Å². The highest BCUT2D eigenvalue weighted by Gasteiger charge is 2.28. The number of benzene rings is 1. The second kappa shape index (κ2) is 5.82. The molecule has 1 aromatic heterocycles. The van der Waals surface area contributed by atoms with Crippen LogP contribution in [0.25, 0.3) is 0 Å². The highest BCUT2D eigenvalue weighted by molar-refractivity contribution is 5.34. The molecule has 1 saturated heterocycles. The van der Waals surface area contributed by atoms with E-state index in [0.29, 0.717) is 0 Å². The molecule has 0 saturated carbocycles. The van der Waals surface area contributed by atoms with Gasteiger partial charge in [0, 0.05) is 17.9 Å². The number of morpholine rings is 1. The molecule has 0 unspecified atom stereocenters. The summed E-state index contributed by atoms with van der Waals surface area (Å²) >= 11 is 0. The zero-order valence-corrected chi connectivity index (χ0v) is 12.8. The van der Waals surface area contributed by atoms with Gasteiger partial charge in [-0.1, -0.05) is 30.3 Å². The van der Waals surface area contributed by atoms with E-state index in [0.717, 1.165) is 30.4 Å². The van der Waals surface area contributed by atoms with Gasteiger partial charge in [0.05, 0.1) is 12.6 Å². The van der Waals surface area contributed by atoms with Crippen molar-refractivity contribution in [1.29, 1.82) is 0 Å². The van der Waals surface area contributed by atoms with Crippen LogP contribution in [-0.4, -0.2) is 29.2 Å². The number of hydrogen-bond donors (Lipinski definition) is 0. The quantitative estimate of drug-likeness (QED) is 0.849. The molecule has 0 bridgehead atoms. The monoisotopic (exact) mass is 283 g/mol. The molecule has 4 nitrogen and oxygen atoms in total. The number of aromatic nitrogens is 2. The molecule has 21 heavy (non-hydrogen) atoms. The van der Waals surface area contributed by atoms with Crippen LogP contribution in [0.3, 0.4) is 0 Å². The normalized spacial score (nSPS) is 22.3. The van der Waals surface area contributed by atoms with Gasteiger partial charge in [-0.3, -0.25) is 0 Å². The molecule has 1 aromatic carbocycles. The fraction of sp³-hybridized carbons (Fsp3) is 0.412. The van der Waals surface area contributed by atoms with Crippen molar-refractivity contribution in [3.63, 3.8) is 0 Å². The van der Waals surface area contributed by atoms with Crippen molar-refractivity contribution in [2.45, 2.75) is 33.0 Å². The summed E-state index contributed by atoms with van der Waals surface area (Å²) < 4.78 is 6.09. The van der Waals surface area contributed by atoms with Crippen LogP contribution in [0.1, 0.15) is 30.0 Å². The summed E-state index contributed by atoms with van der Waals surface area (Å²) in [5, 5.41) is 0. The smallest absolute Gasteiger partial charge is 0.225 e. The van der Waals surface area contributed by atoms with Crippen molar-refractivity contribution in [2.75, 3.05) is 18.0 Å². The van der Waals surface area contributed by atoms with Crippen LogP contribution >= 0.6 is 0 Å². The van der Waals surface area contributed by atoms with Gasteiger partial charge in [-0.15, -0.1) is 0 Å². The highest BCUT2D eigenvalue weighted by atomic mass is 16.5. The average Bonchev–Trinajstić information content (AvgIpc) is 2.46. The maximum atomic E-state index is 6.09. The van der Waals surface area contributed by atoms with E-state index in [1.54, 1.807) is 0 Å². The first-order valence-electron chi connectivity index (χ1n) is 7.39. The fourth-order valence-electron chi connectivity index (χ4n) is 2.82. The van der Waals surface area contributed by atoms with E-state index < -0.39 is 0 Å². The maximum absolute atomic E-state index is 6.09. The summed E-state index contributed by atoms with van der Waals surface area (Å²) in [6, 6.07) is 12.4. The van der Waals surface area contributed by atoms with Crippen molar-refractivity contribution in [3.8, 4) is 0 Å². The lowest BCUT2D eigenvalue weighted by Gasteiger charge is -2.37. The SMILES string of the molecule is Cc1cc(C)nc(N2C[C@@H](c3ccccc3)O[C@@H](C)C2)n1. The van der Waals surface area contributed by atoms with E-state index in [9.17, 15) is 0 Å². The summed E-state index contributed by atoms with van der Waals surface area (Å²) in [4.78, 5) is 11.4. The van der Waals surface area contributed by atoms with Gasteiger partial charge in [0.25, 0.3) is 0 Å². The van der Waals surface area contributed by atoms with Crippen LogP contribution in [-0.2, 0) is 4.74 Å².